The molecule has 3 aromatic carbocycles. The van der Waals surface area contributed by atoms with Crippen molar-refractivity contribution in [1.82, 2.24) is 9.97 Å². The van der Waals surface area contributed by atoms with Gasteiger partial charge in [0.1, 0.15) is 16.2 Å². The SMILES string of the molecule is O=C(CSc1ncnc2scc(-c3ccc(Cl)cc3)c12)Nc1cccc2ccccc12. The number of benzene rings is 3. The number of carbonyl (C=O) groups is 1. The van der Waals surface area contributed by atoms with Gasteiger partial charge in [-0.15, -0.1) is 11.3 Å². The third-order valence-electron chi connectivity index (χ3n) is 4.89. The van der Waals surface area contributed by atoms with E-state index in [4.69, 9.17) is 11.6 Å². The summed E-state index contributed by atoms with van der Waals surface area (Å²) >= 11 is 9.02. The summed E-state index contributed by atoms with van der Waals surface area (Å²) in [5.41, 5.74) is 2.91. The maximum absolute atomic E-state index is 12.7. The van der Waals surface area contributed by atoms with Gasteiger partial charge in [0.2, 0.25) is 5.91 Å². The zero-order valence-corrected chi connectivity index (χ0v) is 18.6. The summed E-state index contributed by atoms with van der Waals surface area (Å²) in [6, 6.07) is 21.6. The van der Waals surface area contributed by atoms with Crippen LogP contribution in [0, 0.1) is 0 Å². The Labute approximate surface area is 192 Å². The zero-order valence-electron chi connectivity index (χ0n) is 16.2. The van der Waals surface area contributed by atoms with Gasteiger partial charge in [0, 0.05) is 27.0 Å². The number of anilines is 1. The quantitative estimate of drug-likeness (QED) is 0.228. The molecule has 31 heavy (non-hydrogen) atoms. The number of nitrogens with one attached hydrogen (secondary N) is 1. The number of amides is 1. The monoisotopic (exact) mass is 461 g/mol. The molecule has 0 radical (unpaired) electrons. The number of carbonyl (C=O) groups excluding carboxylic acids is 1. The molecular weight excluding hydrogens is 446 g/mol. The van der Waals surface area contributed by atoms with Crippen molar-refractivity contribution in [3.8, 4) is 11.1 Å². The van der Waals surface area contributed by atoms with E-state index in [2.05, 4.69) is 20.7 Å². The molecule has 0 saturated carbocycles. The van der Waals surface area contributed by atoms with Crippen LogP contribution in [0.5, 0.6) is 0 Å². The Hall–Kier alpha value is -2.93. The van der Waals surface area contributed by atoms with E-state index in [1.54, 1.807) is 17.7 Å². The fourth-order valence-electron chi connectivity index (χ4n) is 3.45. The third-order valence-corrected chi connectivity index (χ3v) is 7.02. The standard InChI is InChI=1S/C24H16ClN3OS2/c25-17-10-8-16(9-11-17)19-12-30-23-22(19)24(27-14-26-23)31-13-21(29)28-20-7-3-5-15-4-1-2-6-18(15)20/h1-12,14H,13H2,(H,28,29). The summed E-state index contributed by atoms with van der Waals surface area (Å²) in [4.78, 5) is 22.5. The fourth-order valence-corrected chi connectivity index (χ4v) is 5.37. The number of thiophene rings is 1. The minimum atomic E-state index is -0.0728. The molecule has 0 spiro atoms. The van der Waals surface area contributed by atoms with Crippen molar-refractivity contribution in [1.29, 1.82) is 0 Å². The lowest BCUT2D eigenvalue weighted by molar-refractivity contribution is -0.113. The molecule has 0 bridgehead atoms. The maximum atomic E-state index is 12.7. The number of thioether (sulfide) groups is 1. The number of halogens is 1. The van der Waals surface area contributed by atoms with Gasteiger partial charge in [-0.05, 0) is 29.1 Å². The van der Waals surface area contributed by atoms with Crippen LogP contribution in [0.3, 0.4) is 0 Å². The molecule has 152 valence electrons. The number of aromatic nitrogens is 2. The first kappa shape index (κ1) is 20.0. The van der Waals surface area contributed by atoms with Crippen molar-refractivity contribution in [2.75, 3.05) is 11.1 Å². The Kier molecular flexibility index (Phi) is 5.59. The molecule has 4 nitrogen and oxygen atoms in total. The molecule has 5 rings (SSSR count). The molecule has 0 unspecified atom stereocenters. The molecule has 0 aliphatic rings. The predicted octanol–water partition coefficient (Wildman–Crippen LogP) is 6.90. The van der Waals surface area contributed by atoms with E-state index in [-0.39, 0.29) is 11.7 Å². The van der Waals surface area contributed by atoms with Gasteiger partial charge in [-0.2, -0.15) is 0 Å². The molecular formula is C24H16ClN3OS2. The van der Waals surface area contributed by atoms with Gasteiger partial charge in [0.05, 0.1) is 11.1 Å². The van der Waals surface area contributed by atoms with Crippen molar-refractivity contribution in [2.45, 2.75) is 5.03 Å². The Balaban J connectivity index is 1.39. The van der Waals surface area contributed by atoms with Crippen LogP contribution in [0.25, 0.3) is 32.1 Å². The molecule has 0 atom stereocenters. The first-order valence-corrected chi connectivity index (χ1v) is 11.8. The average molecular weight is 462 g/mol. The average Bonchev–Trinajstić information content (AvgIpc) is 3.23. The first-order valence-electron chi connectivity index (χ1n) is 9.57. The highest BCUT2D eigenvalue weighted by Crippen LogP contribution is 2.38. The van der Waals surface area contributed by atoms with Crippen molar-refractivity contribution in [2.24, 2.45) is 0 Å². The first-order chi connectivity index (χ1) is 15.2. The molecule has 0 aliphatic heterocycles. The molecule has 5 aromatic rings. The smallest absolute Gasteiger partial charge is 0.234 e. The molecule has 2 aromatic heterocycles. The summed E-state index contributed by atoms with van der Waals surface area (Å²) in [7, 11) is 0. The van der Waals surface area contributed by atoms with Crippen LogP contribution >= 0.6 is 34.7 Å². The third kappa shape index (κ3) is 4.14. The molecule has 2 heterocycles. The number of fused-ring (bicyclic) bond motifs is 2. The van der Waals surface area contributed by atoms with E-state index < -0.39 is 0 Å². The van der Waals surface area contributed by atoms with Crippen LogP contribution in [-0.4, -0.2) is 21.6 Å². The van der Waals surface area contributed by atoms with E-state index in [0.717, 1.165) is 42.8 Å². The lowest BCUT2D eigenvalue weighted by Crippen LogP contribution is -2.14. The maximum Gasteiger partial charge on any atom is 0.234 e. The Morgan fingerprint density at radius 1 is 1.00 bits per heavy atom. The van der Waals surface area contributed by atoms with Crippen LogP contribution in [-0.2, 0) is 4.79 Å². The number of rotatable bonds is 5. The van der Waals surface area contributed by atoms with E-state index in [9.17, 15) is 4.79 Å². The molecule has 0 aliphatic carbocycles. The lowest BCUT2D eigenvalue weighted by atomic mass is 10.1. The second-order valence-electron chi connectivity index (χ2n) is 6.88. The molecule has 0 fully saturated rings. The van der Waals surface area contributed by atoms with Crippen LogP contribution in [0.15, 0.2) is 83.5 Å². The number of hydrogen-bond donors (Lipinski definition) is 1. The van der Waals surface area contributed by atoms with E-state index in [1.807, 2.05) is 66.7 Å². The molecule has 0 saturated heterocycles. The minimum Gasteiger partial charge on any atom is -0.325 e. The van der Waals surface area contributed by atoms with Crippen molar-refractivity contribution < 1.29 is 4.79 Å². The molecule has 1 N–H and O–H groups in total. The van der Waals surface area contributed by atoms with Gasteiger partial charge in [-0.25, -0.2) is 9.97 Å². The largest absolute Gasteiger partial charge is 0.325 e. The van der Waals surface area contributed by atoms with Gasteiger partial charge in [-0.3, -0.25) is 4.79 Å². The highest BCUT2D eigenvalue weighted by molar-refractivity contribution is 8.00. The van der Waals surface area contributed by atoms with Crippen molar-refractivity contribution in [3.63, 3.8) is 0 Å². The van der Waals surface area contributed by atoms with E-state index in [0.29, 0.717) is 5.02 Å². The van der Waals surface area contributed by atoms with Gasteiger partial charge >= 0.3 is 0 Å². The molecule has 7 heteroatoms. The second kappa shape index (κ2) is 8.67. The fraction of sp³-hybridized carbons (Fsp3) is 0.0417. The summed E-state index contributed by atoms with van der Waals surface area (Å²) in [5.74, 6) is 0.182. The van der Waals surface area contributed by atoms with Crippen LogP contribution in [0.1, 0.15) is 0 Å². The summed E-state index contributed by atoms with van der Waals surface area (Å²) < 4.78 is 0. The Morgan fingerprint density at radius 2 is 1.81 bits per heavy atom. The number of nitrogens with zero attached hydrogens (tertiary/aromatic N) is 2. The van der Waals surface area contributed by atoms with Crippen LogP contribution in [0.2, 0.25) is 5.02 Å². The lowest BCUT2D eigenvalue weighted by Gasteiger charge is -2.09. The van der Waals surface area contributed by atoms with E-state index >= 15 is 0 Å². The zero-order chi connectivity index (χ0) is 21.2. The molecule has 1 amide bonds. The van der Waals surface area contributed by atoms with Gasteiger partial charge < -0.3 is 5.32 Å². The topological polar surface area (TPSA) is 54.9 Å². The van der Waals surface area contributed by atoms with E-state index in [1.165, 1.54) is 11.8 Å². The second-order valence-corrected chi connectivity index (χ2v) is 9.14. The highest BCUT2D eigenvalue weighted by Gasteiger charge is 2.15. The normalized spacial score (nSPS) is 11.1. The Bertz CT molecular complexity index is 1390. The Morgan fingerprint density at radius 3 is 2.68 bits per heavy atom. The van der Waals surface area contributed by atoms with Gasteiger partial charge in [-0.1, -0.05) is 71.9 Å². The summed E-state index contributed by atoms with van der Waals surface area (Å²) in [6.07, 6.45) is 1.55. The predicted molar refractivity (Wildman–Crippen MR) is 131 cm³/mol. The van der Waals surface area contributed by atoms with Crippen LogP contribution < -0.4 is 5.32 Å². The number of hydrogen-bond acceptors (Lipinski definition) is 5. The van der Waals surface area contributed by atoms with Gasteiger partial charge in [0.15, 0.2) is 0 Å². The summed E-state index contributed by atoms with van der Waals surface area (Å²) in [6.45, 7) is 0. The highest BCUT2D eigenvalue weighted by atomic mass is 35.5. The van der Waals surface area contributed by atoms with Crippen molar-refractivity contribution >= 4 is 67.3 Å². The van der Waals surface area contributed by atoms with Crippen LogP contribution in [0.4, 0.5) is 5.69 Å². The summed E-state index contributed by atoms with van der Waals surface area (Å²) in [5, 5.41) is 9.68. The minimum absolute atomic E-state index is 0.0728. The van der Waals surface area contributed by atoms with Gasteiger partial charge in [0.25, 0.3) is 0 Å². The van der Waals surface area contributed by atoms with Crippen molar-refractivity contribution in [3.05, 3.63) is 83.5 Å².